The molecular weight excluding hydrogens is 232 g/mol. The molecule has 5 heteroatoms. The number of hydrogen-bond acceptors (Lipinski definition) is 3. The van der Waals surface area contributed by atoms with Gasteiger partial charge in [0.15, 0.2) is 0 Å². The zero-order valence-electron chi connectivity index (χ0n) is 10.7. The van der Waals surface area contributed by atoms with Gasteiger partial charge in [-0.15, -0.1) is 0 Å². The molecule has 1 amide bonds. The van der Waals surface area contributed by atoms with Crippen LogP contribution in [0.25, 0.3) is 0 Å². The third-order valence-corrected chi connectivity index (χ3v) is 3.84. The number of hydrogen-bond donors (Lipinski definition) is 2. The summed E-state index contributed by atoms with van der Waals surface area (Å²) < 4.78 is 0. The molecule has 2 aliphatic rings. The Morgan fingerprint density at radius 1 is 1.17 bits per heavy atom. The second kappa shape index (κ2) is 6.18. The minimum absolute atomic E-state index is 0.0263. The second-order valence-electron chi connectivity index (χ2n) is 5.38. The smallest absolute Gasteiger partial charge is 0.323 e. The lowest BCUT2D eigenvalue weighted by Crippen LogP contribution is -2.37. The molecule has 2 N–H and O–H groups in total. The Bertz CT molecular complexity index is 309. The number of aliphatic carboxylic acids is 1. The highest BCUT2D eigenvalue weighted by molar-refractivity contribution is 5.81. The van der Waals surface area contributed by atoms with Crippen LogP contribution in [0.15, 0.2) is 0 Å². The van der Waals surface area contributed by atoms with Gasteiger partial charge < -0.3 is 15.3 Å². The van der Waals surface area contributed by atoms with E-state index in [1.54, 1.807) is 4.90 Å². The van der Waals surface area contributed by atoms with E-state index in [4.69, 9.17) is 5.11 Å². The first-order valence-corrected chi connectivity index (χ1v) is 6.89. The number of carboxylic acid groups (broad SMARTS) is 1. The van der Waals surface area contributed by atoms with Crippen LogP contribution in [0.4, 0.5) is 0 Å². The zero-order valence-corrected chi connectivity index (χ0v) is 10.7. The lowest BCUT2D eigenvalue weighted by atomic mass is 9.93. The van der Waals surface area contributed by atoms with E-state index in [-0.39, 0.29) is 18.5 Å². The van der Waals surface area contributed by atoms with Gasteiger partial charge in [-0.25, -0.2) is 0 Å². The van der Waals surface area contributed by atoms with Crippen molar-refractivity contribution in [3.8, 4) is 0 Å². The first-order valence-electron chi connectivity index (χ1n) is 6.89. The van der Waals surface area contributed by atoms with Crippen molar-refractivity contribution in [2.75, 3.05) is 19.6 Å². The summed E-state index contributed by atoms with van der Waals surface area (Å²) in [5.74, 6) is -0.253. The highest BCUT2D eigenvalue weighted by Gasteiger charge is 2.33. The maximum Gasteiger partial charge on any atom is 0.323 e. The fourth-order valence-corrected chi connectivity index (χ4v) is 2.59. The van der Waals surface area contributed by atoms with Crippen molar-refractivity contribution in [3.05, 3.63) is 0 Å². The molecule has 2 fully saturated rings. The number of nitrogens with zero attached hydrogens (tertiary/aromatic N) is 1. The first-order chi connectivity index (χ1) is 8.66. The van der Waals surface area contributed by atoms with E-state index in [0.29, 0.717) is 12.3 Å². The van der Waals surface area contributed by atoms with Gasteiger partial charge in [0.1, 0.15) is 6.54 Å². The molecule has 1 saturated carbocycles. The molecule has 0 radical (unpaired) electrons. The van der Waals surface area contributed by atoms with Gasteiger partial charge in [-0.3, -0.25) is 9.59 Å². The molecule has 1 heterocycles. The van der Waals surface area contributed by atoms with Crippen LogP contribution in [-0.4, -0.2) is 47.6 Å². The summed E-state index contributed by atoms with van der Waals surface area (Å²) in [5.41, 5.74) is 0. The maximum atomic E-state index is 12.0. The van der Waals surface area contributed by atoms with Crippen LogP contribution in [0.2, 0.25) is 0 Å². The highest BCUT2D eigenvalue weighted by atomic mass is 16.4. The summed E-state index contributed by atoms with van der Waals surface area (Å²) in [5, 5.41) is 12.1. The molecule has 2 rings (SSSR count). The Morgan fingerprint density at radius 3 is 2.39 bits per heavy atom. The maximum absolute atomic E-state index is 12.0. The monoisotopic (exact) mass is 254 g/mol. The molecule has 0 aromatic rings. The van der Waals surface area contributed by atoms with Crippen molar-refractivity contribution in [1.82, 2.24) is 10.2 Å². The lowest BCUT2D eigenvalue weighted by Gasteiger charge is -2.24. The Balaban J connectivity index is 1.75. The predicted molar refractivity (Wildman–Crippen MR) is 67.2 cm³/mol. The molecule has 0 atom stereocenters. The molecule has 0 spiro atoms. The molecule has 102 valence electrons. The van der Waals surface area contributed by atoms with E-state index in [9.17, 15) is 9.59 Å². The van der Waals surface area contributed by atoms with E-state index in [1.165, 1.54) is 0 Å². The average Bonchev–Trinajstić information content (AvgIpc) is 3.18. The number of rotatable bonds is 6. The van der Waals surface area contributed by atoms with Crippen molar-refractivity contribution >= 4 is 11.9 Å². The Kier molecular flexibility index (Phi) is 4.58. The predicted octanol–water partition coefficient (Wildman–Crippen LogP) is 0.842. The molecule has 0 aromatic heterocycles. The van der Waals surface area contributed by atoms with Gasteiger partial charge in [0.25, 0.3) is 0 Å². The number of amides is 1. The van der Waals surface area contributed by atoms with Crippen LogP contribution in [-0.2, 0) is 9.59 Å². The summed E-state index contributed by atoms with van der Waals surface area (Å²) in [4.78, 5) is 24.4. The van der Waals surface area contributed by atoms with Crippen LogP contribution >= 0.6 is 0 Å². The van der Waals surface area contributed by atoms with E-state index in [2.05, 4.69) is 5.32 Å². The number of piperidine rings is 1. The molecule has 5 nitrogen and oxygen atoms in total. The molecule has 18 heavy (non-hydrogen) atoms. The minimum atomic E-state index is -0.905. The zero-order chi connectivity index (χ0) is 13.0. The average molecular weight is 254 g/mol. The van der Waals surface area contributed by atoms with Gasteiger partial charge in [-0.1, -0.05) is 0 Å². The molecule has 0 bridgehead atoms. The van der Waals surface area contributed by atoms with Crippen LogP contribution in [0.1, 0.15) is 38.5 Å². The number of carbonyl (C=O) groups excluding carboxylic acids is 1. The van der Waals surface area contributed by atoms with E-state index < -0.39 is 5.97 Å². The number of carbonyl (C=O) groups is 2. The van der Waals surface area contributed by atoms with Crippen molar-refractivity contribution < 1.29 is 14.7 Å². The van der Waals surface area contributed by atoms with E-state index in [0.717, 1.165) is 45.2 Å². The molecule has 0 aromatic carbocycles. The van der Waals surface area contributed by atoms with Crippen LogP contribution < -0.4 is 5.32 Å². The summed E-state index contributed by atoms with van der Waals surface area (Å²) in [6, 6.07) is 0.196. The Hall–Kier alpha value is -1.10. The van der Waals surface area contributed by atoms with Crippen molar-refractivity contribution in [1.29, 1.82) is 0 Å². The van der Waals surface area contributed by atoms with Crippen molar-refractivity contribution in [2.24, 2.45) is 5.92 Å². The topological polar surface area (TPSA) is 69.6 Å². The molecule has 1 aliphatic heterocycles. The third kappa shape index (κ3) is 3.98. The van der Waals surface area contributed by atoms with Gasteiger partial charge in [0, 0.05) is 12.5 Å². The number of nitrogens with one attached hydrogen (secondary N) is 1. The van der Waals surface area contributed by atoms with Crippen LogP contribution in [0, 0.1) is 5.92 Å². The first kappa shape index (κ1) is 13.3. The van der Waals surface area contributed by atoms with Gasteiger partial charge in [0.2, 0.25) is 5.91 Å². The molecular formula is C13H22N2O3. The molecule has 1 saturated heterocycles. The van der Waals surface area contributed by atoms with Crippen molar-refractivity contribution in [2.45, 2.75) is 44.6 Å². The van der Waals surface area contributed by atoms with Gasteiger partial charge >= 0.3 is 5.97 Å². The van der Waals surface area contributed by atoms with Crippen molar-refractivity contribution in [3.63, 3.8) is 0 Å². The van der Waals surface area contributed by atoms with Gasteiger partial charge in [0.05, 0.1) is 0 Å². The Morgan fingerprint density at radius 2 is 1.83 bits per heavy atom. The second-order valence-corrected chi connectivity index (χ2v) is 5.38. The van der Waals surface area contributed by atoms with Gasteiger partial charge in [-0.2, -0.15) is 0 Å². The summed E-state index contributed by atoms with van der Waals surface area (Å²) in [6.07, 6.45) is 5.61. The lowest BCUT2D eigenvalue weighted by molar-refractivity contribution is -0.145. The van der Waals surface area contributed by atoms with Crippen LogP contribution in [0.3, 0.4) is 0 Å². The SMILES string of the molecule is O=C(O)CN(C(=O)CCC1CCNCC1)C1CC1. The standard InChI is InChI=1S/C13H22N2O3/c16-12(4-1-10-5-7-14-8-6-10)15(9-13(17)18)11-2-3-11/h10-11,14H,1-9H2,(H,17,18). The summed E-state index contributed by atoms with van der Waals surface area (Å²) in [7, 11) is 0. The molecule has 1 aliphatic carbocycles. The normalized spacial score (nSPS) is 20.7. The fourth-order valence-electron chi connectivity index (χ4n) is 2.59. The largest absolute Gasteiger partial charge is 0.480 e. The highest BCUT2D eigenvalue weighted by Crippen LogP contribution is 2.28. The fraction of sp³-hybridized carbons (Fsp3) is 0.846. The summed E-state index contributed by atoms with van der Waals surface area (Å²) >= 11 is 0. The van der Waals surface area contributed by atoms with Crippen LogP contribution in [0.5, 0.6) is 0 Å². The molecule has 0 unspecified atom stereocenters. The minimum Gasteiger partial charge on any atom is -0.480 e. The third-order valence-electron chi connectivity index (χ3n) is 3.84. The van der Waals surface area contributed by atoms with Gasteiger partial charge in [-0.05, 0) is 51.1 Å². The summed E-state index contributed by atoms with van der Waals surface area (Å²) in [6.45, 7) is 1.95. The number of carboxylic acids is 1. The van der Waals surface area contributed by atoms with E-state index in [1.807, 2.05) is 0 Å². The quantitative estimate of drug-likeness (QED) is 0.737. The Labute approximate surface area is 108 Å². The van der Waals surface area contributed by atoms with E-state index >= 15 is 0 Å².